The molecule has 0 radical (unpaired) electrons. The number of para-hydroxylation sites is 1. The largest absolute Gasteiger partial charge is 0.507 e. The van der Waals surface area contributed by atoms with Gasteiger partial charge in [0.2, 0.25) is 10.0 Å². The molecule has 0 aliphatic carbocycles. The van der Waals surface area contributed by atoms with Crippen LogP contribution in [-0.2, 0) is 10.0 Å². The fourth-order valence-corrected chi connectivity index (χ4v) is 5.29. The summed E-state index contributed by atoms with van der Waals surface area (Å²) >= 11 is 0. The van der Waals surface area contributed by atoms with Gasteiger partial charge in [0.25, 0.3) is 5.91 Å². The van der Waals surface area contributed by atoms with Crippen molar-refractivity contribution in [2.45, 2.75) is 24.7 Å². The number of carbonyl (C=O) groups is 1. The molecule has 1 aromatic heterocycles. The predicted molar refractivity (Wildman–Crippen MR) is 117 cm³/mol. The molecule has 1 aliphatic rings. The highest BCUT2D eigenvalue weighted by Gasteiger charge is 2.28. The number of amides is 1. The summed E-state index contributed by atoms with van der Waals surface area (Å²) in [5.74, 6) is -0.00494. The standard InChI is InChI=1S/C22H24N4O4S/c1-15-5-4-12-26(14-15)31(29,30)17-10-8-16(9-11-17)23-22(28)20-13-19(24-25-20)18-6-2-3-7-21(18)27/h2-3,6-11,13,15,27H,4-5,12,14H2,1H3,(H,23,28)(H,24,25)/t15-/m1/s1. The van der Waals surface area contributed by atoms with Gasteiger partial charge < -0.3 is 10.4 Å². The molecule has 2 heterocycles. The van der Waals surface area contributed by atoms with Crippen LogP contribution in [0.5, 0.6) is 5.75 Å². The van der Waals surface area contributed by atoms with Crippen LogP contribution in [0.1, 0.15) is 30.3 Å². The van der Waals surface area contributed by atoms with Crippen molar-refractivity contribution in [1.82, 2.24) is 14.5 Å². The number of aromatic amines is 1. The number of H-pyrrole nitrogens is 1. The minimum Gasteiger partial charge on any atom is -0.507 e. The van der Waals surface area contributed by atoms with Crippen molar-refractivity contribution in [3.8, 4) is 17.0 Å². The van der Waals surface area contributed by atoms with E-state index in [1.54, 1.807) is 42.5 Å². The normalized spacial score (nSPS) is 17.4. The number of hydrogen-bond donors (Lipinski definition) is 3. The molecule has 0 saturated carbocycles. The lowest BCUT2D eigenvalue weighted by molar-refractivity contribution is 0.102. The Kier molecular flexibility index (Phi) is 5.79. The Bertz CT molecular complexity index is 1190. The molecule has 8 nitrogen and oxygen atoms in total. The van der Waals surface area contributed by atoms with E-state index in [-0.39, 0.29) is 16.3 Å². The maximum absolute atomic E-state index is 12.9. The molecule has 1 aliphatic heterocycles. The van der Waals surface area contributed by atoms with Crippen LogP contribution in [-0.4, -0.2) is 47.0 Å². The highest BCUT2D eigenvalue weighted by atomic mass is 32.2. The summed E-state index contributed by atoms with van der Waals surface area (Å²) < 4.78 is 27.2. The number of nitrogens with one attached hydrogen (secondary N) is 2. The zero-order chi connectivity index (χ0) is 22.0. The van der Waals surface area contributed by atoms with E-state index in [4.69, 9.17) is 0 Å². The summed E-state index contributed by atoms with van der Waals surface area (Å²) in [5.41, 5.74) is 1.65. The minimum absolute atomic E-state index is 0.0702. The van der Waals surface area contributed by atoms with Crippen LogP contribution in [0.15, 0.2) is 59.5 Å². The average molecular weight is 441 g/mol. The number of rotatable bonds is 5. The van der Waals surface area contributed by atoms with Crippen molar-refractivity contribution >= 4 is 21.6 Å². The Morgan fingerprint density at radius 1 is 1.19 bits per heavy atom. The predicted octanol–water partition coefficient (Wildman–Crippen LogP) is 3.46. The van der Waals surface area contributed by atoms with Crippen LogP contribution in [0, 0.1) is 5.92 Å². The number of phenolic OH excluding ortho intramolecular Hbond substituents is 1. The molecule has 1 amide bonds. The number of benzene rings is 2. The highest BCUT2D eigenvalue weighted by molar-refractivity contribution is 7.89. The number of carbonyl (C=O) groups excluding carboxylic acids is 1. The molecular formula is C22H24N4O4S. The van der Waals surface area contributed by atoms with Crippen LogP contribution >= 0.6 is 0 Å². The SMILES string of the molecule is C[C@@H]1CCCN(S(=O)(=O)c2ccc(NC(=O)c3cc(-c4ccccc4O)n[nH]3)cc2)C1. The summed E-state index contributed by atoms with van der Waals surface area (Å²) in [6.45, 7) is 3.12. The lowest BCUT2D eigenvalue weighted by Gasteiger charge is -2.30. The molecule has 31 heavy (non-hydrogen) atoms. The molecule has 4 rings (SSSR count). The second-order valence-electron chi connectivity index (χ2n) is 7.77. The first-order valence-corrected chi connectivity index (χ1v) is 11.5. The molecule has 3 aromatic rings. The van der Waals surface area contributed by atoms with Gasteiger partial charge in [-0.05, 0) is 61.2 Å². The summed E-state index contributed by atoms with van der Waals surface area (Å²) in [4.78, 5) is 12.7. The first-order valence-electron chi connectivity index (χ1n) is 10.1. The number of phenols is 1. The fraction of sp³-hybridized carbons (Fsp3) is 0.273. The van der Waals surface area contributed by atoms with E-state index in [9.17, 15) is 18.3 Å². The van der Waals surface area contributed by atoms with Crippen molar-refractivity contribution in [2.75, 3.05) is 18.4 Å². The summed E-state index contributed by atoms with van der Waals surface area (Å²) in [6.07, 6.45) is 1.90. The maximum Gasteiger partial charge on any atom is 0.273 e. The van der Waals surface area contributed by atoms with Gasteiger partial charge in [-0.15, -0.1) is 0 Å². The van der Waals surface area contributed by atoms with Crippen LogP contribution < -0.4 is 5.32 Å². The van der Waals surface area contributed by atoms with Crippen molar-refractivity contribution in [3.63, 3.8) is 0 Å². The van der Waals surface area contributed by atoms with Crippen LogP contribution in [0.2, 0.25) is 0 Å². The van der Waals surface area contributed by atoms with Crippen LogP contribution in [0.3, 0.4) is 0 Å². The van der Waals surface area contributed by atoms with Gasteiger partial charge in [-0.25, -0.2) is 8.42 Å². The van der Waals surface area contributed by atoms with Crippen molar-refractivity contribution in [3.05, 3.63) is 60.3 Å². The Morgan fingerprint density at radius 3 is 2.65 bits per heavy atom. The van der Waals surface area contributed by atoms with Gasteiger partial charge in [-0.3, -0.25) is 9.89 Å². The number of aromatic nitrogens is 2. The monoisotopic (exact) mass is 440 g/mol. The van der Waals surface area contributed by atoms with Gasteiger partial charge in [0.15, 0.2) is 0 Å². The second-order valence-corrected chi connectivity index (χ2v) is 9.71. The van der Waals surface area contributed by atoms with E-state index in [0.29, 0.717) is 36.0 Å². The minimum atomic E-state index is -3.54. The van der Waals surface area contributed by atoms with E-state index in [1.165, 1.54) is 16.4 Å². The zero-order valence-corrected chi connectivity index (χ0v) is 17.9. The van der Waals surface area contributed by atoms with Gasteiger partial charge in [-0.2, -0.15) is 9.40 Å². The summed E-state index contributed by atoms with van der Waals surface area (Å²) in [7, 11) is -3.54. The van der Waals surface area contributed by atoms with Gasteiger partial charge in [0.1, 0.15) is 11.4 Å². The molecule has 0 bridgehead atoms. The van der Waals surface area contributed by atoms with E-state index >= 15 is 0 Å². The van der Waals surface area contributed by atoms with Gasteiger partial charge in [0, 0.05) is 24.3 Å². The first kappa shape index (κ1) is 21.1. The maximum atomic E-state index is 12.9. The quantitative estimate of drug-likeness (QED) is 0.562. The number of anilines is 1. The Balaban J connectivity index is 1.46. The van der Waals surface area contributed by atoms with E-state index in [0.717, 1.165) is 12.8 Å². The Morgan fingerprint density at radius 2 is 1.94 bits per heavy atom. The van der Waals surface area contributed by atoms with Crippen molar-refractivity contribution in [1.29, 1.82) is 0 Å². The molecule has 1 saturated heterocycles. The van der Waals surface area contributed by atoms with E-state index in [1.807, 2.05) is 0 Å². The van der Waals surface area contributed by atoms with Gasteiger partial charge in [-0.1, -0.05) is 19.1 Å². The highest BCUT2D eigenvalue weighted by Crippen LogP contribution is 2.28. The molecule has 3 N–H and O–H groups in total. The topological polar surface area (TPSA) is 115 Å². The summed E-state index contributed by atoms with van der Waals surface area (Å²) in [6, 6.07) is 14.4. The Labute approximate surface area is 181 Å². The molecule has 1 atom stereocenters. The number of piperidine rings is 1. The van der Waals surface area contributed by atoms with E-state index in [2.05, 4.69) is 22.4 Å². The smallest absolute Gasteiger partial charge is 0.273 e. The first-order chi connectivity index (χ1) is 14.8. The lowest BCUT2D eigenvalue weighted by Crippen LogP contribution is -2.39. The molecule has 0 unspecified atom stereocenters. The fourth-order valence-electron chi connectivity index (χ4n) is 3.69. The second kappa shape index (κ2) is 8.52. The van der Waals surface area contributed by atoms with Gasteiger partial charge in [0.05, 0.1) is 10.6 Å². The van der Waals surface area contributed by atoms with Crippen molar-refractivity contribution < 1.29 is 18.3 Å². The van der Waals surface area contributed by atoms with Crippen LogP contribution in [0.4, 0.5) is 5.69 Å². The zero-order valence-electron chi connectivity index (χ0n) is 17.1. The third-order valence-electron chi connectivity index (χ3n) is 5.37. The number of hydrogen-bond acceptors (Lipinski definition) is 5. The number of nitrogens with zero attached hydrogens (tertiary/aromatic N) is 2. The van der Waals surface area contributed by atoms with Gasteiger partial charge >= 0.3 is 0 Å². The number of sulfonamides is 1. The molecule has 1 fully saturated rings. The molecule has 9 heteroatoms. The Hall–Kier alpha value is -3.17. The molecule has 0 spiro atoms. The molecular weight excluding hydrogens is 416 g/mol. The van der Waals surface area contributed by atoms with E-state index < -0.39 is 15.9 Å². The number of aromatic hydroxyl groups is 1. The lowest BCUT2D eigenvalue weighted by atomic mass is 10.0. The van der Waals surface area contributed by atoms with Crippen molar-refractivity contribution in [2.24, 2.45) is 5.92 Å². The third-order valence-corrected chi connectivity index (χ3v) is 7.25. The third kappa shape index (κ3) is 4.47. The molecule has 162 valence electrons. The average Bonchev–Trinajstić information content (AvgIpc) is 3.25. The van der Waals surface area contributed by atoms with Crippen LogP contribution in [0.25, 0.3) is 11.3 Å². The molecule has 2 aromatic carbocycles. The summed E-state index contributed by atoms with van der Waals surface area (Å²) in [5, 5.41) is 19.4.